The fourth-order valence-electron chi connectivity index (χ4n) is 3.33. The maximum absolute atomic E-state index is 12.5. The van der Waals surface area contributed by atoms with Gasteiger partial charge in [-0.2, -0.15) is 0 Å². The van der Waals surface area contributed by atoms with Gasteiger partial charge < -0.3 is 15.0 Å². The molecule has 1 N–H and O–H groups in total. The van der Waals surface area contributed by atoms with Crippen molar-refractivity contribution in [1.29, 1.82) is 0 Å². The van der Waals surface area contributed by atoms with Crippen LogP contribution in [0.25, 0.3) is 0 Å². The van der Waals surface area contributed by atoms with E-state index in [0.717, 1.165) is 36.7 Å². The number of likely N-dealkylation sites (tertiary alicyclic amines) is 1. The van der Waals surface area contributed by atoms with Crippen molar-refractivity contribution in [1.82, 2.24) is 19.8 Å². The van der Waals surface area contributed by atoms with Gasteiger partial charge in [-0.3, -0.25) is 9.69 Å². The van der Waals surface area contributed by atoms with Gasteiger partial charge in [-0.05, 0) is 26.3 Å². The number of aryl methyl sites for hydroxylation is 1. The van der Waals surface area contributed by atoms with Crippen LogP contribution in [-0.2, 0) is 9.53 Å². The average Bonchev–Trinajstić information content (AvgIpc) is 3.03. The van der Waals surface area contributed by atoms with E-state index in [1.165, 1.54) is 0 Å². The largest absolute Gasteiger partial charge is 0.378 e. The van der Waals surface area contributed by atoms with E-state index >= 15 is 0 Å². The van der Waals surface area contributed by atoms with Gasteiger partial charge in [0.25, 0.3) is 0 Å². The molecule has 0 aliphatic carbocycles. The first kappa shape index (κ1) is 16.1. The summed E-state index contributed by atoms with van der Waals surface area (Å²) in [6.07, 6.45) is 2.13. The van der Waals surface area contributed by atoms with E-state index in [4.69, 9.17) is 4.74 Å². The zero-order chi connectivity index (χ0) is 16.2. The van der Waals surface area contributed by atoms with Crippen LogP contribution >= 0.6 is 0 Å². The molecule has 0 aromatic carbocycles. The van der Waals surface area contributed by atoms with Gasteiger partial charge in [0.15, 0.2) is 0 Å². The van der Waals surface area contributed by atoms with Crippen LogP contribution in [-0.4, -0.2) is 72.1 Å². The lowest BCUT2D eigenvalue weighted by Gasteiger charge is -2.30. The predicted octanol–water partition coefficient (Wildman–Crippen LogP) is 0.822. The molecule has 3 rings (SSSR count). The van der Waals surface area contributed by atoms with E-state index in [9.17, 15) is 4.79 Å². The molecular formula is C16H25N5O2. The van der Waals surface area contributed by atoms with Crippen LogP contribution in [0, 0.1) is 6.92 Å². The van der Waals surface area contributed by atoms with E-state index in [-0.39, 0.29) is 11.9 Å². The third-order valence-corrected chi connectivity index (χ3v) is 4.52. The maximum atomic E-state index is 12.5. The van der Waals surface area contributed by atoms with Gasteiger partial charge in [0.05, 0.1) is 31.5 Å². The molecule has 2 aliphatic rings. The Morgan fingerprint density at radius 1 is 1.35 bits per heavy atom. The van der Waals surface area contributed by atoms with Gasteiger partial charge in [0.1, 0.15) is 11.6 Å². The number of aromatic nitrogens is 2. The molecule has 23 heavy (non-hydrogen) atoms. The van der Waals surface area contributed by atoms with Crippen LogP contribution in [0.2, 0.25) is 0 Å². The second-order valence-electron chi connectivity index (χ2n) is 6.10. The molecule has 0 spiro atoms. The third kappa shape index (κ3) is 3.79. The number of ether oxygens (including phenoxy) is 1. The normalized spacial score (nSPS) is 22.3. The molecule has 7 nitrogen and oxygen atoms in total. The number of morpholine rings is 1. The Kier molecular flexibility index (Phi) is 5.07. The first-order valence-corrected chi connectivity index (χ1v) is 8.30. The number of nitrogens with one attached hydrogen (secondary N) is 1. The Bertz CT molecular complexity index is 559. The van der Waals surface area contributed by atoms with E-state index in [1.54, 1.807) is 0 Å². The smallest absolute Gasteiger partial charge is 0.236 e. The zero-order valence-corrected chi connectivity index (χ0v) is 13.9. The van der Waals surface area contributed by atoms with Crippen molar-refractivity contribution in [2.24, 2.45) is 0 Å². The molecule has 2 aliphatic heterocycles. The molecule has 1 atom stereocenters. The average molecular weight is 319 g/mol. The second-order valence-corrected chi connectivity index (χ2v) is 6.10. The summed E-state index contributed by atoms with van der Waals surface area (Å²) in [4.78, 5) is 25.6. The summed E-state index contributed by atoms with van der Waals surface area (Å²) >= 11 is 0. The van der Waals surface area contributed by atoms with Gasteiger partial charge in [-0.15, -0.1) is 0 Å². The van der Waals surface area contributed by atoms with Gasteiger partial charge in [-0.1, -0.05) is 0 Å². The third-order valence-electron chi connectivity index (χ3n) is 4.52. The summed E-state index contributed by atoms with van der Waals surface area (Å²) in [7, 11) is 1.86. The zero-order valence-electron chi connectivity index (χ0n) is 13.9. The van der Waals surface area contributed by atoms with Crippen molar-refractivity contribution in [3.8, 4) is 0 Å². The van der Waals surface area contributed by atoms with Crippen LogP contribution in [0.15, 0.2) is 6.07 Å². The van der Waals surface area contributed by atoms with Gasteiger partial charge in [-0.25, -0.2) is 9.97 Å². The Balaban J connectivity index is 1.70. The minimum absolute atomic E-state index is 0.194. The van der Waals surface area contributed by atoms with Crippen LogP contribution in [0.1, 0.15) is 30.4 Å². The summed E-state index contributed by atoms with van der Waals surface area (Å²) in [5.74, 6) is 1.79. The van der Waals surface area contributed by atoms with Crippen LogP contribution < -0.4 is 5.32 Å². The maximum Gasteiger partial charge on any atom is 0.236 e. The summed E-state index contributed by atoms with van der Waals surface area (Å²) in [5.41, 5.74) is 1.01. The van der Waals surface area contributed by atoms with E-state index in [2.05, 4.69) is 20.2 Å². The fourth-order valence-corrected chi connectivity index (χ4v) is 3.33. The summed E-state index contributed by atoms with van der Waals surface area (Å²) in [5, 5.41) is 3.08. The summed E-state index contributed by atoms with van der Waals surface area (Å²) in [6, 6.07) is 2.20. The van der Waals surface area contributed by atoms with E-state index in [0.29, 0.717) is 32.8 Å². The second kappa shape index (κ2) is 7.23. The standard InChI is InChI=1S/C16H25N5O2/c1-12-18-13(10-15(17-2)19-12)14-4-3-5-21(14)11-16(22)20-6-8-23-9-7-20/h10,14H,3-9,11H2,1-2H3,(H,17,18,19)/t14-/m0/s1. The molecule has 0 saturated carbocycles. The van der Waals surface area contributed by atoms with Crippen molar-refractivity contribution in [2.75, 3.05) is 51.8 Å². The highest BCUT2D eigenvalue weighted by atomic mass is 16.5. The molecule has 126 valence electrons. The molecule has 1 aromatic heterocycles. The minimum Gasteiger partial charge on any atom is -0.378 e. The van der Waals surface area contributed by atoms with E-state index in [1.807, 2.05) is 24.9 Å². The van der Waals surface area contributed by atoms with E-state index < -0.39 is 0 Å². The number of hydrogen-bond donors (Lipinski definition) is 1. The molecule has 2 fully saturated rings. The first-order valence-electron chi connectivity index (χ1n) is 8.30. The highest BCUT2D eigenvalue weighted by Crippen LogP contribution is 2.31. The van der Waals surface area contributed by atoms with Crippen molar-refractivity contribution < 1.29 is 9.53 Å². The molecule has 1 aromatic rings. The lowest BCUT2D eigenvalue weighted by molar-refractivity contribution is -0.136. The Hall–Kier alpha value is -1.73. The number of anilines is 1. The number of carbonyl (C=O) groups is 1. The molecule has 3 heterocycles. The lowest BCUT2D eigenvalue weighted by Crippen LogP contribution is -2.45. The minimum atomic E-state index is 0.194. The molecule has 0 bridgehead atoms. The predicted molar refractivity (Wildman–Crippen MR) is 87.3 cm³/mol. The Morgan fingerprint density at radius 3 is 2.87 bits per heavy atom. The summed E-state index contributed by atoms with van der Waals surface area (Å²) < 4.78 is 5.32. The van der Waals surface area contributed by atoms with Gasteiger partial charge in [0.2, 0.25) is 5.91 Å². The SMILES string of the molecule is CNc1cc([C@@H]2CCCN2CC(=O)N2CCOCC2)nc(C)n1. The molecule has 7 heteroatoms. The molecular weight excluding hydrogens is 294 g/mol. The highest BCUT2D eigenvalue weighted by molar-refractivity contribution is 5.78. The summed E-state index contributed by atoms with van der Waals surface area (Å²) in [6.45, 7) is 6.00. The molecule has 1 amide bonds. The first-order chi connectivity index (χ1) is 11.2. The fraction of sp³-hybridized carbons (Fsp3) is 0.688. The number of amides is 1. The topological polar surface area (TPSA) is 70.6 Å². The number of hydrogen-bond acceptors (Lipinski definition) is 6. The van der Waals surface area contributed by atoms with Gasteiger partial charge in [0, 0.05) is 26.2 Å². The Labute approximate surface area is 137 Å². The van der Waals surface area contributed by atoms with Crippen molar-refractivity contribution >= 4 is 11.7 Å². The number of rotatable bonds is 4. The van der Waals surface area contributed by atoms with Crippen LogP contribution in [0.5, 0.6) is 0 Å². The molecule has 0 radical (unpaired) electrons. The van der Waals surface area contributed by atoms with Crippen LogP contribution in [0.3, 0.4) is 0 Å². The molecule has 2 saturated heterocycles. The van der Waals surface area contributed by atoms with Gasteiger partial charge >= 0.3 is 0 Å². The van der Waals surface area contributed by atoms with Crippen molar-refractivity contribution in [2.45, 2.75) is 25.8 Å². The lowest BCUT2D eigenvalue weighted by atomic mass is 10.1. The van der Waals surface area contributed by atoms with Crippen LogP contribution in [0.4, 0.5) is 5.82 Å². The van der Waals surface area contributed by atoms with Crippen molar-refractivity contribution in [3.05, 3.63) is 17.6 Å². The Morgan fingerprint density at radius 2 is 2.13 bits per heavy atom. The monoisotopic (exact) mass is 319 g/mol. The highest BCUT2D eigenvalue weighted by Gasteiger charge is 2.30. The number of nitrogens with zero attached hydrogens (tertiary/aromatic N) is 4. The number of carbonyl (C=O) groups excluding carboxylic acids is 1. The van der Waals surface area contributed by atoms with Crippen molar-refractivity contribution in [3.63, 3.8) is 0 Å². The quantitative estimate of drug-likeness (QED) is 0.886. The molecule has 0 unspecified atom stereocenters.